The lowest BCUT2D eigenvalue weighted by molar-refractivity contribution is -0.145. The van der Waals surface area contributed by atoms with Crippen molar-refractivity contribution in [3.8, 4) is 17.0 Å². The molecule has 0 radical (unpaired) electrons. The van der Waals surface area contributed by atoms with Crippen LogP contribution in [0.1, 0.15) is 5.56 Å². The summed E-state index contributed by atoms with van der Waals surface area (Å²) in [7, 11) is 1.55. The second kappa shape index (κ2) is 8.91. The average molecular weight is 419 g/mol. The zero-order valence-electron chi connectivity index (χ0n) is 14.9. The van der Waals surface area contributed by atoms with Gasteiger partial charge in [-0.3, -0.25) is 14.2 Å². The largest absolute Gasteiger partial charge is 0.497 e. The zero-order chi connectivity index (χ0) is 20.1. The molecule has 0 saturated carbocycles. The Morgan fingerprint density at radius 2 is 1.71 bits per heavy atom. The lowest BCUT2D eigenvalue weighted by atomic mass is 10.1. The highest BCUT2D eigenvalue weighted by Gasteiger charge is 2.19. The summed E-state index contributed by atoms with van der Waals surface area (Å²) in [6, 6.07) is 16.1. The number of rotatable bonds is 6. The fraction of sp³-hybridized carbons (Fsp3) is 0.150. The summed E-state index contributed by atoms with van der Waals surface area (Å²) in [5.41, 5.74) is 1.07. The molecule has 0 unspecified atom stereocenters. The van der Waals surface area contributed by atoms with Crippen molar-refractivity contribution in [2.75, 3.05) is 7.11 Å². The SMILES string of the molecule is COc1ccc(-c2c(Cl)nc(Cl)c(=O)n2CC(=O)OCc2ccccc2)cc1. The Hall–Kier alpha value is -2.83. The van der Waals surface area contributed by atoms with E-state index in [1.165, 1.54) is 0 Å². The summed E-state index contributed by atoms with van der Waals surface area (Å²) < 4.78 is 11.6. The average Bonchev–Trinajstić information content (AvgIpc) is 2.71. The Morgan fingerprint density at radius 1 is 1.04 bits per heavy atom. The van der Waals surface area contributed by atoms with E-state index >= 15 is 0 Å². The summed E-state index contributed by atoms with van der Waals surface area (Å²) >= 11 is 12.1. The predicted octanol–water partition coefficient (Wildman–Crippen LogP) is 3.97. The minimum atomic E-state index is -0.631. The van der Waals surface area contributed by atoms with E-state index in [1.807, 2.05) is 30.3 Å². The minimum Gasteiger partial charge on any atom is -0.497 e. The predicted molar refractivity (Wildman–Crippen MR) is 107 cm³/mol. The molecule has 0 N–H and O–H groups in total. The third-order valence-electron chi connectivity index (χ3n) is 3.98. The summed E-state index contributed by atoms with van der Waals surface area (Å²) in [6.07, 6.45) is 0. The third-order valence-corrected chi connectivity index (χ3v) is 4.49. The third kappa shape index (κ3) is 4.52. The molecule has 0 aliphatic carbocycles. The molecular formula is C20H16Cl2N2O4. The maximum Gasteiger partial charge on any atom is 0.326 e. The number of carbonyl (C=O) groups is 1. The van der Waals surface area contributed by atoms with Gasteiger partial charge in [0.25, 0.3) is 5.56 Å². The molecule has 0 amide bonds. The maximum atomic E-state index is 12.5. The Balaban J connectivity index is 1.90. The molecule has 28 heavy (non-hydrogen) atoms. The molecule has 1 heterocycles. The molecule has 0 atom stereocenters. The molecule has 3 rings (SSSR count). The van der Waals surface area contributed by atoms with Gasteiger partial charge in [-0.25, -0.2) is 4.98 Å². The number of benzene rings is 2. The first-order chi connectivity index (χ1) is 13.5. The van der Waals surface area contributed by atoms with Crippen molar-refractivity contribution in [2.45, 2.75) is 13.2 Å². The fourth-order valence-corrected chi connectivity index (χ4v) is 3.12. The van der Waals surface area contributed by atoms with Crippen molar-refractivity contribution in [1.29, 1.82) is 0 Å². The fourth-order valence-electron chi connectivity index (χ4n) is 2.60. The van der Waals surface area contributed by atoms with Crippen molar-refractivity contribution in [1.82, 2.24) is 9.55 Å². The molecule has 2 aromatic carbocycles. The number of carbonyl (C=O) groups excluding carboxylic acids is 1. The molecule has 3 aromatic rings. The van der Waals surface area contributed by atoms with E-state index in [-0.39, 0.29) is 29.2 Å². The van der Waals surface area contributed by atoms with Gasteiger partial charge in [0.1, 0.15) is 18.9 Å². The van der Waals surface area contributed by atoms with Crippen LogP contribution in [0.5, 0.6) is 5.75 Å². The molecule has 0 bridgehead atoms. The molecule has 6 nitrogen and oxygen atoms in total. The number of esters is 1. The molecule has 8 heteroatoms. The molecule has 1 aromatic heterocycles. The molecule has 0 spiro atoms. The van der Waals surface area contributed by atoms with Crippen molar-refractivity contribution in [2.24, 2.45) is 0 Å². The number of nitrogens with zero attached hydrogens (tertiary/aromatic N) is 2. The smallest absolute Gasteiger partial charge is 0.326 e. The Kier molecular flexibility index (Phi) is 6.34. The molecule has 144 valence electrons. The van der Waals surface area contributed by atoms with Crippen LogP contribution in [0.2, 0.25) is 10.3 Å². The number of aromatic nitrogens is 2. The zero-order valence-corrected chi connectivity index (χ0v) is 16.4. The molecule has 0 aliphatic heterocycles. The van der Waals surface area contributed by atoms with E-state index in [1.54, 1.807) is 31.4 Å². The Labute approximate surface area is 171 Å². The van der Waals surface area contributed by atoms with Crippen LogP contribution in [0.4, 0.5) is 0 Å². The van der Waals surface area contributed by atoms with Gasteiger partial charge in [-0.15, -0.1) is 0 Å². The van der Waals surface area contributed by atoms with Gasteiger partial charge in [0.15, 0.2) is 10.3 Å². The first-order valence-corrected chi connectivity index (χ1v) is 9.05. The summed E-state index contributed by atoms with van der Waals surface area (Å²) in [4.78, 5) is 28.7. The number of hydrogen-bond donors (Lipinski definition) is 0. The van der Waals surface area contributed by atoms with Gasteiger partial charge in [0, 0.05) is 5.56 Å². The second-order valence-corrected chi connectivity index (χ2v) is 6.52. The lowest BCUT2D eigenvalue weighted by Gasteiger charge is -2.14. The lowest BCUT2D eigenvalue weighted by Crippen LogP contribution is -2.28. The highest BCUT2D eigenvalue weighted by atomic mass is 35.5. The van der Waals surface area contributed by atoms with Gasteiger partial charge in [0.2, 0.25) is 0 Å². The summed E-state index contributed by atoms with van der Waals surface area (Å²) in [5, 5.41) is -0.316. The minimum absolute atomic E-state index is 0.00521. The van der Waals surface area contributed by atoms with Crippen LogP contribution in [0.25, 0.3) is 11.3 Å². The van der Waals surface area contributed by atoms with Crippen molar-refractivity contribution < 1.29 is 14.3 Å². The maximum absolute atomic E-state index is 12.5. The number of ether oxygens (including phenoxy) is 2. The standard InChI is InChI=1S/C20H16Cl2N2O4/c1-27-15-9-7-14(8-10-15)17-18(21)23-19(22)20(26)24(17)11-16(25)28-12-13-5-3-2-4-6-13/h2-10H,11-12H2,1H3. The van der Waals surface area contributed by atoms with Gasteiger partial charge in [0.05, 0.1) is 12.8 Å². The van der Waals surface area contributed by atoms with E-state index in [0.717, 1.165) is 10.1 Å². The van der Waals surface area contributed by atoms with E-state index in [9.17, 15) is 9.59 Å². The van der Waals surface area contributed by atoms with Gasteiger partial charge in [-0.05, 0) is 29.8 Å². The highest BCUT2D eigenvalue weighted by Crippen LogP contribution is 2.28. The van der Waals surface area contributed by atoms with Crippen LogP contribution in [0.15, 0.2) is 59.4 Å². The monoisotopic (exact) mass is 418 g/mol. The quantitative estimate of drug-likeness (QED) is 0.566. The number of halogens is 2. The number of hydrogen-bond acceptors (Lipinski definition) is 5. The van der Waals surface area contributed by atoms with Crippen LogP contribution in [0, 0.1) is 0 Å². The van der Waals surface area contributed by atoms with Crippen LogP contribution in [0.3, 0.4) is 0 Å². The van der Waals surface area contributed by atoms with Crippen LogP contribution >= 0.6 is 23.2 Å². The summed E-state index contributed by atoms with van der Waals surface area (Å²) in [5.74, 6) is 0.0389. The first-order valence-electron chi connectivity index (χ1n) is 8.29. The topological polar surface area (TPSA) is 70.4 Å². The van der Waals surface area contributed by atoms with Gasteiger partial charge in [-0.2, -0.15) is 0 Å². The van der Waals surface area contributed by atoms with Gasteiger partial charge < -0.3 is 9.47 Å². The van der Waals surface area contributed by atoms with Gasteiger partial charge >= 0.3 is 5.97 Å². The molecule has 0 fully saturated rings. The van der Waals surface area contributed by atoms with E-state index in [4.69, 9.17) is 32.7 Å². The molecule has 0 aliphatic rings. The van der Waals surface area contributed by atoms with Crippen LogP contribution in [-0.2, 0) is 22.7 Å². The van der Waals surface area contributed by atoms with Crippen molar-refractivity contribution in [3.05, 3.63) is 80.8 Å². The van der Waals surface area contributed by atoms with Crippen LogP contribution < -0.4 is 10.3 Å². The van der Waals surface area contributed by atoms with Gasteiger partial charge in [-0.1, -0.05) is 53.5 Å². The van der Waals surface area contributed by atoms with E-state index in [0.29, 0.717) is 11.3 Å². The van der Waals surface area contributed by atoms with Crippen molar-refractivity contribution in [3.63, 3.8) is 0 Å². The highest BCUT2D eigenvalue weighted by molar-refractivity contribution is 6.33. The molecule has 0 saturated heterocycles. The number of methoxy groups -OCH3 is 1. The van der Waals surface area contributed by atoms with E-state index < -0.39 is 11.5 Å². The van der Waals surface area contributed by atoms with E-state index in [2.05, 4.69) is 4.98 Å². The van der Waals surface area contributed by atoms with Crippen molar-refractivity contribution >= 4 is 29.2 Å². The molecular weight excluding hydrogens is 403 g/mol. The van der Waals surface area contributed by atoms with Crippen LogP contribution in [-0.4, -0.2) is 22.6 Å². The Bertz CT molecular complexity index is 1030. The Morgan fingerprint density at radius 3 is 2.36 bits per heavy atom. The normalized spacial score (nSPS) is 10.5. The first kappa shape index (κ1) is 19.9. The second-order valence-electron chi connectivity index (χ2n) is 5.81. The summed E-state index contributed by atoms with van der Waals surface area (Å²) in [6.45, 7) is -0.256.